The number of aliphatic hydroxyl groups is 2. The first kappa shape index (κ1) is 80.7. The molecule has 520 valence electrons. The van der Waals surface area contributed by atoms with Crippen LogP contribution in [0.1, 0.15) is 62.5 Å². The van der Waals surface area contributed by atoms with Crippen molar-refractivity contribution in [3.8, 4) is 0 Å². The smallest absolute Gasteiger partial charge is 0.326 e. The number of carbonyl (C=O) groups excluding carboxylic acids is 11. The fraction of sp³-hybridized carbons (Fsp3) is 0.518. The maximum Gasteiger partial charge on any atom is 0.326 e. The zero-order chi connectivity index (χ0) is 70.3. The molecule has 0 radical (unpaired) electrons. The summed E-state index contributed by atoms with van der Waals surface area (Å²) >= 11 is 8.23. The topological polar surface area (TPSA) is 616 Å². The fourth-order valence-electron chi connectivity index (χ4n) is 8.46. The van der Waals surface area contributed by atoms with E-state index < -0.39 is 176 Å². The van der Waals surface area contributed by atoms with Gasteiger partial charge in [0, 0.05) is 31.0 Å². The Kier molecular flexibility index (Phi) is 38.0. The SMILES string of the molecule is NCCCC[C@H](NC(=O)[C@H](CCCN=C(N)N)NC(=O)CNC(=O)[C@H](CCCN=C(N)N)NC(=O)[C@H](CO)NC(=O)[C@H](CO)NC(=O)[C@H](CS)NC(=O)CNC(=O)[C@H](Cc1ccccc1)NC(=O)[C@H](CC(=O)O)NC(=O)[C@H](CS)NC(=O)[C@@H](N)Cc1ccccc1)C(=O)O. The number of unbranched alkanes of at least 4 members (excludes halogenated alkanes) is 1. The molecule has 0 aromatic heterocycles. The van der Waals surface area contributed by atoms with Crippen LogP contribution >= 0.6 is 25.3 Å². The summed E-state index contributed by atoms with van der Waals surface area (Å²) < 4.78 is 0. The van der Waals surface area contributed by atoms with E-state index in [1.54, 1.807) is 60.7 Å². The normalized spacial score (nSPS) is 14.0. The van der Waals surface area contributed by atoms with Gasteiger partial charge in [-0.15, -0.1) is 0 Å². The Hall–Kier alpha value is -9.37. The number of rotatable bonds is 45. The average molecular weight is 1360 g/mol. The minimum atomic E-state index is -1.88. The predicted octanol–water partition coefficient (Wildman–Crippen LogP) is -8.97. The molecule has 2 aromatic carbocycles. The molecule has 0 aliphatic heterocycles. The molecule has 0 spiro atoms. The van der Waals surface area contributed by atoms with E-state index in [2.05, 4.69) is 93.7 Å². The highest BCUT2D eigenvalue weighted by molar-refractivity contribution is 7.80. The van der Waals surface area contributed by atoms with Gasteiger partial charge in [0.05, 0.1) is 38.8 Å². The molecule has 0 unspecified atom stereocenters. The number of nitrogens with zero attached hydrogens (tertiary/aromatic N) is 2. The number of carbonyl (C=O) groups is 13. The van der Waals surface area contributed by atoms with Gasteiger partial charge in [0.25, 0.3) is 0 Å². The van der Waals surface area contributed by atoms with Crippen LogP contribution in [0.5, 0.6) is 0 Å². The van der Waals surface area contributed by atoms with Crippen molar-refractivity contribution in [2.75, 3.05) is 57.4 Å². The molecule has 0 aliphatic carbocycles. The predicted molar refractivity (Wildman–Crippen MR) is 346 cm³/mol. The van der Waals surface area contributed by atoms with Crippen molar-refractivity contribution in [2.45, 2.75) is 125 Å². The largest absolute Gasteiger partial charge is 0.481 e. The Balaban J connectivity index is 2.17. The molecule has 0 fully saturated rings. The van der Waals surface area contributed by atoms with Crippen LogP contribution in [0.4, 0.5) is 0 Å². The number of hydrogen-bond donors (Lipinski definition) is 23. The lowest BCUT2D eigenvalue weighted by molar-refractivity contribution is -0.142. The molecule has 36 nitrogen and oxygen atoms in total. The summed E-state index contributed by atoms with van der Waals surface area (Å²) in [7, 11) is 0. The van der Waals surface area contributed by atoms with Crippen molar-refractivity contribution in [1.29, 1.82) is 0 Å². The maximum absolute atomic E-state index is 13.8. The van der Waals surface area contributed by atoms with Gasteiger partial charge in [-0.05, 0) is 69.0 Å². The van der Waals surface area contributed by atoms with E-state index in [4.69, 9.17) is 34.4 Å². The third-order valence-corrected chi connectivity index (χ3v) is 14.2. The molecular formula is C56H87N19O17S2. The van der Waals surface area contributed by atoms with E-state index in [1.807, 2.05) is 0 Å². The van der Waals surface area contributed by atoms with Crippen molar-refractivity contribution >= 4 is 114 Å². The number of amides is 11. The van der Waals surface area contributed by atoms with Crippen LogP contribution in [0.25, 0.3) is 0 Å². The molecule has 0 bridgehead atoms. The Morgan fingerprint density at radius 2 is 0.787 bits per heavy atom. The van der Waals surface area contributed by atoms with Crippen LogP contribution < -0.4 is 92.9 Å². The Morgan fingerprint density at radius 1 is 0.426 bits per heavy atom. The van der Waals surface area contributed by atoms with Gasteiger partial charge in [0.1, 0.15) is 54.4 Å². The second-order valence-corrected chi connectivity index (χ2v) is 21.7. The number of thiol groups is 2. The first-order valence-electron chi connectivity index (χ1n) is 29.5. The molecule has 0 aliphatic rings. The first-order chi connectivity index (χ1) is 44.7. The van der Waals surface area contributed by atoms with E-state index >= 15 is 0 Å². The molecule has 2 aromatic rings. The Morgan fingerprint density at radius 3 is 1.23 bits per heavy atom. The number of aliphatic carboxylic acids is 2. The minimum Gasteiger partial charge on any atom is -0.481 e. The molecule has 0 heterocycles. The lowest BCUT2D eigenvalue weighted by atomic mass is 10.0. The molecule has 27 N–H and O–H groups in total. The van der Waals surface area contributed by atoms with Gasteiger partial charge in [-0.25, -0.2) is 4.79 Å². The number of aliphatic hydroxyl groups excluding tert-OH is 2. The third-order valence-electron chi connectivity index (χ3n) is 13.4. The minimum absolute atomic E-state index is 0.0302. The van der Waals surface area contributed by atoms with Gasteiger partial charge in [-0.3, -0.25) is 67.5 Å². The second-order valence-electron chi connectivity index (χ2n) is 20.9. The molecule has 11 amide bonds. The third kappa shape index (κ3) is 31.8. The standard InChI is InChI=1S/C56H87N19O17S2/c57-18-8-7-15-35(54(91)92)70-48(85)34(17-10-20-64-56(61)62)67-42(78)24-65-46(83)33(16-9-19-63-55(59)60)69-50(87)38(26-76)73-51(88)39(27-77)74-52(89)40(28-93)68-43(79)25-66-47(84)36(22-31-13-5-2-6-14-31)71-49(86)37(23-44(80)81)72-53(90)41(29-94)75-45(82)32(58)21-30-11-3-1-4-12-30/h1-6,11-14,32-41,76-77,93-94H,7-10,15-29,57-58H2,(H,65,83)(H,66,84)(H,67,78)(H,68,79)(H,69,87)(H,70,85)(H,71,86)(H,72,90)(H,73,88)(H,74,89)(H,75,82)(H,80,81)(H,91,92)(H4,59,60,63)(H4,61,62,64)/t32-,33-,34-,35-,36-,37-,38-,39-,40-,41-/m0/s1. The van der Waals surface area contributed by atoms with E-state index in [9.17, 15) is 82.8 Å². The monoisotopic (exact) mass is 1360 g/mol. The van der Waals surface area contributed by atoms with Crippen LogP contribution in [0.3, 0.4) is 0 Å². The number of carboxylic acid groups (broad SMARTS) is 2. The van der Waals surface area contributed by atoms with Crippen molar-refractivity contribution in [3.63, 3.8) is 0 Å². The van der Waals surface area contributed by atoms with Gasteiger partial charge < -0.3 is 113 Å². The van der Waals surface area contributed by atoms with Gasteiger partial charge in [0.15, 0.2) is 11.9 Å². The summed E-state index contributed by atoms with van der Waals surface area (Å²) in [5.74, 6) is -15.5. The highest BCUT2D eigenvalue weighted by Crippen LogP contribution is 2.09. The number of carboxylic acids is 2. The molecular weight excluding hydrogens is 1270 g/mol. The van der Waals surface area contributed by atoms with Gasteiger partial charge in [-0.1, -0.05) is 60.7 Å². The lowest BCUT2D eigenvalue weighted by Gasteiger charge is -2.25. The van der Waals surface area contributed by atoms with Crippen LogP contribution in [-0.4, -0.2) is 227 Å². The average Bonchev–Trinajstić information content (AvgIpc) is 0.964. The summed E-state index contributed by atoms with van der Waals surface area (Å²) in [6, 6.07) is 1.45. The number of nitrogens with one attached hydrogen (secondary N) is 11. The molecule has 0 saturated carbocycles. The number of nitrogens with two attached hydrogens (primary N) is 6. The molecule has 94 heavy (non-hydrogen) atoms. The van der Waals surface area contributed by atoms with Crippen molar-refractivity contribution in [3.05, 3.63) is 71.8 Å². The summed E-state index contributed by atoms with van der Waals surface area (Å²) in [6.07, 6.45) is -0.372. The van der Waals surface area contributed by atoms with Crippen LogP contribution in [0, 0.1) is 0 Å². The van der Waals surface area contributed by atoms with E-state index in [1.165, 1.54) is 0 Å². The fourth-order valence-corrected chi connectivity index (χ4v) is 8.97. The number of hydrogen-bond acceptors (Lipinski definition) is 21. The zero-order valence-corrected chi connectivity index (χ0v) is 53.1. The summed E-state index contributed by atoms with van der Waals surface area (Å²) in [4.78, 5) is 179. The van der Waals surface area contributed by atoms with Gasteiger partial charge >= 0.3 is 11.9 Å². The number of aliphatic imine (C=N–C) groups is 2. The maximum atomic E-state index is 13.8. The van der Waals surface area contributed by atoms with E-state index in [-0.39, 0.29) is 82.3 Å². The Bertz CT molecular complexity index is 2910. The van der Waals surface area contributed by atoms with Crippen LogP contribution in [0.15, 0.2) is 70.6 Å². The number of benzene rings is 2. The number of guanidine groups is 2. The molecule has 2 rings (SSSR count). The van der Waals surface area contributed by atoms with Crippen LogP contribution in [0.2, 0.25) is 0 Å². The lowest BCUT2D eigenvalue weighted by Crippen LogP contribution is -2.60. The molecule has 0 saturated heterocycles. The first-order valence-corrected chi connectivity index (χ1v) is 30.7. The summed E-state index contributed by atoms with van der Waals surface area (Å²) in [6.45, 7) is -3.67. The summed E-state index contributed by atoms with van der Waals surface area (Å²) in [5, 5.41) is 65.3. The summed E-state index contributed by atoms with van der Waals surface area (Å²) in [5.41, 5.74) is 34.4. The zero-order valence-electron chi connectivity index (χ0n) is 51.3. The highest BCUT2D eigenvalue weighted by atomic mass is 32.1. The van der Waals surface area contributed by atoms with E-state index in [0.717, 1.165) is 5.56 Å². The quantitative estimate of drug-likeness (QED) is 0.0127. The Labute approximate surface area is 551 Å². The van der Waals surface area contributed by atoms with Crippen LogP contribution in [-0.2, 0) is 75.2 Å². The molecule has 38 heteroatoms. The highest BCUT2D eigenvalue weighted by Gasteiger charge is 2.35. The van der Waals surface area contributed by atoms with E-state index in [0.29, 0.717) is 18.4 Å². The van der Waals surface area contributed by atoms with Crippen molar-refractivity contribution in [2.24, 2.45) is 44.4 Å². The van der Waals surface area contributed by atoms with Gasteiger partial charge in [-0.2, -0.15) is 25.3 Å². The van der Waals surface area contributed by atoms with Crippen molar-refractivity contribution < 1.29 is 82.8 Å². The molecule has 10 atom stereocenters. The van der Waals surface area contributed by atoms with Crippen molar-refractivity contribution in [1.82, 2.24) is 58.5 Å². The van der Waals surface area contributed by atoms with Gasteiger partial charge in [0.2, 0.25) is 65.0 Å². The second kappa shape index (κ2) is 44.2.